The molecule has 0 saturated heterocycles. The Morgan fingerprint density at radius 3 is 2.18 bits per heavy atom. The number of hydrogen-bond acceptors (Lipinski definition) is 4. The van der Waals surface area contributed by atoms with Gasteiger partial charge in [-0.15, -0.1) is 0 Å². The van der Waals surface area contributed by atoms with Gasteiger partial charge in [0, 0.05) is 27.7 Å². The Hall–Kier alpha value is -2.40. The molecule has 2 rings (SSSR count). The number of rotatable bonds is 9. The lowest BCUT2D eigenvalue weighted by molar-refractivity contribution is -0.139. The van der Waals surface area contributed by atoms with Crippen molar-refractivity contribution < 1.29 is 22.4 Å². The molecular weight excluding hydrogens is 494 g/mol. The smallest absolute Gasteiger partial charge is 0.304 e. The number of amides is 2. The van der Waals surface area contributed by atoms with Gasteiger partial charge in [0.2, 0.25) is 11.8 Å². The van der Waals surface area contributed by atoms with Crippen LogP contribution in [0.25, 0.3) is 0 Å². The van der Waals surface area contributed by atoms with Crippen molar-refractivity contribution in [2.45, 2.75) is 19.5 Å². The van der Waals surface area contributed by atoms with E-state index in [1.54, 1.807) is 18.2 Å². The van der Waals surface area contributed by atoms with Crippen molar-refractivity contribution in [1.82, 2.24) is 14.5 Å². The van der Waals surface area contributed by atoms with Crippen molar-refractivity contribution in [3.63, 3.8) is 0 Å². The van der Waals surface area contributed by atoms with E-state index in [1.165, 1.54) is 45.1 Å². The zero-order chi connectivity index (χ0) is 24.9. The molecule has 0 radical (unpaired) electrons. The number of nitrogens with one attached hydrogen (secondary N) is 1. The lowest BCUT2D eigenvalue weighted by atomic mass is 10.1. The van der Waals surface area contributed by atoms with E-state index in [0.29, 0.717) is 10.6 Å². The summed E-state index contributed by atoms with van der Waals surface area (Å²) in [5.41, 5.74) is 0.692. The van der Waals surface area contributed by atoms with Gasteiger partial charge in [0.15, 0.2) is 0 Å². The molecule has 12 heteroatoms. The fraction of sp³-hybridized carbons (Fsp3) is 0.333. The first-order valence-electron chi connectivity index (χ1n) is 9.79. The van der Waals surface area contributed by atoms with Gasteiger partial charge in [-0.1, -0.05) is 29.3 Å². The molecule has 0 fully saturated rings. The molecule has 2 aromatic carbocycles. The van der Waals surface area contributed by atoms with Gasteiger partial charge in [0.25, 0.3) is 0 Å². The maximum Gasteiger partial charge on any atom is 0.304 e. The molecule has 2 aromatic rings. The third-order valence-electron chi connectivity index (χ3n) is 4.88. The third-order valence-corrected chi connectivity index (χ3v) is 7.44. The molecule has 0 aliphatic carbocycles. The summed E-state index contributed by atoms with van der Waals surface area (Å²) in [7, 11) is -0.0472. The molecular formula is C21H25Cl2FN4O4S. The highest BCUT2D eigenvalue weighted by Gasteiger charge is 2.32. The fourth-order valence-corrected chi connectivity index (χ4v) is 4.33. The lowest BCUT2D eigenvalue weighted by Gasteiger charge is -2.32. The Morgan fingerprint density at radius 2 is 1.67 bits per heavy atom. The maximum absolute atomic E-state index is 13.4. The van der Waals surface area contributed by atoms with Crippen LogP contribution < -0.4 is 9.62 Å². The van der Waals surface area contributed by atoms with Crippen LogP contribution in [0.5, 0.6) is 0 Å². The minimum Gasteiger partial charge on any atom is -0.357 e. The van der Waals surface area contributed by atoms with Gasteiger partial charge >= 0.3 is 10.2 Å². The Balaban J connectivity index is 2.45. The average molecular weight is 519 g/mol. The van der Waals surface area contributed by atoms with Gasteiger partial charge < -0.3 is 10.2 Å². The number of nitrogens with zero attached hydrogens (tertiary/aromatic N) is 3. The van der Waals surface area contributed by atoms with Crippen molar-refractivity contribution in [2.75, 3.05) is 32.0 Å². The molecule has 0 saturated carbocycles. The Bertz CT molecular complexity index is 1110. The summed E-state index contributed by atoms with van der Waals surface area (Å²) >= 11 is 12.0. The zero-order valence-corrected chi connectivity index (χ0v) is 20.9. The zero-order valence-electron chi connectivity index (χ0n) is 18.5. The van der Waals surface area contributed by atoms with E-state index in [9.17, 15) is 22.4 Å². The van der Waals surface area contributed by atoms with Crippen LogP contribution >= 0.6 is 23.2 Å². The topological polar surface area (TPSA) is 90.0 Å². The van der Waals surface area contributed by atoms with E-state index in [0.717, 1.165) is 20.7 Å². The molecule has 1 atom stereocenters. The first-order valence-corrected chi connectivity index (χ1v) is 11.9. The van der Waals surface area contributed by atoms with Crippen LogP contribution in [-0.2, 0) is 26.3 Å². The molecule has 0 bridgehead atoms. The van der Waals surface area contributed by atoms with Crippen LogP contribution in [0.15, 0.2) is 42.5 Å². The highest BCUT2D eigenvalue weighted by atomic mass is 35.5. The monoisotopic (exact) mass is 518 g/mol. The van der Waals surface area contributed by atoms with Crippen LogP contribution in [0.2, 0.25) is 10.0 Å². The molecule has 1 unspecified atom stereocenters. The quantitative estimate of drug-likeness (QED) is 0.552. The van der Waals surface area contributed by atoms with E-state index in [-0.39, 0.29) is 17.3 Å². The van der Waals surface area contributed by atoms with E-state index in [4.69, 9.17) is 23.2 Å². The predicted octanol–water partition coefficient (Wildman–Crippen LogP) is 2.91. The predicted molar refractivity (Wildman–Crippen MR) is 127 cm³/mol. The molecule has 0 aliphatic rings. The number of anilines is 1. The lowest BCUT2D eigenvalue weighted by Crippen LogP contribution is -2.52. The normalized spacial score (nSPS) is 12.4. The Morgan fingerprint density at radius 1 is 1.06 bits per heavy atom. The molecule has 1 N–H and O–H groups in total. The minimum atomic E-state index is -4.11. The summed E-state index contributed by atoms with van der Waals surface area (Å²) in [6, 6.07) is 8.57. The van der Waals surface area contributed by atoms with E-state index in [1.807, 2.05) is 0 Å². The second-order valence-corrected chi connectivity index (χ2v) is 10.2. The number of benzene rings is 2. The van der Waals surface area contributed by atoms with E-state index >= 15 is 0 Å². The van der Waals surface area contributed by atoms with E-state index in [2.05, 4.69) is 5.32 Å². The van der Waals surface area contributed by atoms with Crippen LogP contribution in [0, 0.1) is 5.82 Å². The summed E-state index contributed by atoms with van der Waals surface area (Å²) in [5.74, 6) is -1.64. The van der Waals surface area contributed by atoms with Gasteiger partial charge in [-0.25, -0.2) is 8.70 Å². The number of likely N-dealkylation sites (N-methyl/N-ethyl adjacent to an activating group) is 1. The second kappa shape index (κ2) is 11.1. The van der Waals surface area contributed by atoms with Crippen molar-refractivity contribution in [3.8, 4) is 0 Å². The van der Waals surface area contributed by atoms with Crippen LogP contribution in [0.1, 0.15) is 12.5 Å². The van der Waals surface area contributed by atoms with Gasteiger partial charge in [-0.05, 0) is 48.9 Å². The minimum absolute atomic E-state index is 0.0242. The van der Waals surface area contributed by atoms with Gasteiger partial charge in [0.05, 0.1) is 15.7 Å². The number of carbonyl (C=O) groups is 2. The second-order valence-electron chi connectivity index (χ2n) is 7.33. The highest BCUT2D eigenvalue weighted by Crippen LogP contribution is 2.25. The van der Waals surface area contributed by atoms with E-state index < -0.39 is 40.4 Å². The number of halogens is 3. The van der Waals surface area contributed by atoms with Crippen molar-refractivity contribution in [3.05, 3.63) is 63.9 Å². The third kappa shape index (κ3) is 6.57. The molecule has 180 valence electrons. The standard InChI is InChI=1S/C21H25Cl2FN4O4S/c1-14(21(30)25-2)27(12-15-5-10-18(22)19(23)11-15)20(29)13-28(33(31,32)26(3)4)17-8-6-16(24)7-9-17/h5-11,14H,12-13H2,1-4H3,(H,25,30). The molecule has 2 amide bonds. The Labute approximate surface area is 203 Å². The van der Waals surface area contributed by atoms with Crippen molar-refractivity contribution >= 4 is 50.9 Å². The highest BCUT2D eigenvalue weighted by molar-refractivity contribution is 7.90. The molecule has 33 heavy (non-hydrogen) atoms. The molecule has 0 heterocycles. The van der Waals surface area contributed by atoms with Crippen molar-refractivity contribution in [2.24, 2.45) is 0 Å². The van der Waals surface area contributed by atoms with Crippen LogP contribution in [-0.4, -0.2) is 63.2 Å². The first-order chi connectivity index (χ1) is 15.4. The number of hydrogen-bond donors (Lipinski definition) is 1. The fourth-order valence-electron chi connectivity index (χ4n) is 2.95. The van der Waals surface area contributed by atoms with Crippen LogP contribution in [0.4, 0.5) is 10.1 Å². The van der Waals surface area contributed by atoms with Gasteiger partial charge in [0.1, 0.15) is 18.4 Å². The molecule has 0 aliphatic heterocycles. The van der Waals surface area contributed by atoms with Gasteiger partial charge in [-0.3, -0.25) is 9.59 Å². The summed E-state index contributed by atoms with van der Waals surface area (Å²) in [6.07, 6.45) is 0. The summed E-state index contributed by atoms with van der Waals surface area (Å²) < 4.78 is 41.1. The maximum atomic E-state index is 13.4. The number of carbonyl (C=O) groups excluding carboxylic acids is 2. The largest absolute Gasteiger partial charge is 0.357 e. The molecule has 0 spiro atoms. The first kappa shape index (κ1) is 26.8. The SMILES string of the molecule is CNC(=O)C(C)N(Cc1ccc(Cl)c(Cl)c1)C(=O)CN(c1ccc(F)cc1)S(=O)(=O)N(C)C. The molecule has 8 nitrogen and oxygen atoms in total. The summed E-state index contributed by atoms with van der Waals surface area (Å²) in [4.78, 5) is 26.9. The van der Waals surface area contributed by atoms with Crippen LogP contribution in [0.3, 0.4) is 0 Å². The summed E-state index contributed by atoms with van der Waals surface area (Å²) in [6.45, 7) is 0.884. The Kier molecular flexibility index (Phi) is 9.07. The van der Waals surface area contributed by atoms with Crippen molar-refractivity contribution in [1.29, 1.82) is 0 Å². The molecule has 0 aromatic heterocycles. The average Bonchev–Trinajstić information content (AvgIpc) is 2.77. The van der Waals surface area contributed by atoms with Gasteiger partial charge in [-0.2, -0.15) is 12.7 Å². The summed E-state index contributed by atoms with van der Waals surface area (Å²) in [5, 5.41) is 3.09.